The molecule has 4 aromatic carbocycles. The van der Waals surface area contributed by atoms with E-state index in [2.05, 4.69) is 12.2 Å². The summed E-state index contributed by atoms with van der Waals surface area (Å²) in [6.45, 7) is 6.39. The summed E-state index contributed by atoms with van der Waals surface area (Å²) in [4.78, 5) is 30.7. The molecule has 37 heavy (non-hydrogen) atoms. The van der Waals surface area contributed by atoms with Gasteiger partial charge in [-0.05, 0) is 43.2 Å². The van der Waals surface area contributed by atoms with Gasteiger partial charge in [0.25, 0.3) is 0 Å². The number of anilines is 2. The quantitative estimate of drug-likeness (QED) is 0.222. The average Bonchev–Trinajstić information content (AvgIpc) is 3.10. The van der Waals surface area contributed by atoms with Crippen molar-refractivity contribution in [1.82, 2.24) is 9.96 Å². The molecule has 1 atom stereocenters. The molecule has 2 N–H and O–H groups in total. The van der Waals surface area contributed by atoms with Gasteiger partial charge in [0, 0.05) is 17.3 Å². The summed E-state index contributed by atoms with van der Waals surface area (Å²) in [5.41, 5.74) is 0.370. The van der Waals surface area contributed by atoms with Crippen LogP contribution in [0.2, 0.25) is 0 Å². The van der Waals surface area contributed by atoms with Crippen LogP contribution in [0.5, 0.6) is 0 Å². The maximum absolute atomic E-state index is 13.9. The summed E-state index contributed by atoms with van der Waals surface area (Å²) in [5, 5.41) is 18.7. The zero-order valence-electron chi connectivity index (χ0n) is 21.4. The van der Waals surface area contributed by atoms with Gasteiger partial charge in [0.15, 0.2) is 6.17 Å². The number of unbranched alkanes of at least 4 members (excludes halogenated alkanes) is 1. The summed E-state index contributed by atoms with van der Waals surface area (Å²) in [7, 11) is 0. The summed E-state index contributed by atoms with van der Waals surface area (Å²) in [5.74, 6) is 0. The van der Waals surface area contributed by atoms with E-state index in [1.54, 1.807) is 15.9 Å². The fourth-order valence-corrected chi connectivity index (χ4v) is 5.32. The van der Waals surface area contributed by atoms with Gasteiger partial charge in [-0.1, -0.05) is 86.1 Å². The molecular weight excluding hydrogens is 464 g/mol. The van der Waals surface area contributed by atoms with Crippen molar-refractivity contribution in [3.05, 3.63) is 84.9 Å². The van der Waals surface area contributed by atoms with E-state index in [1.807, 2.05) is 92.7 Å². The fraction of sp³-hybridized carbons (Fsp3) is 0.267. The standard InChI is InChI=1S/C30H32N4O3/c1-4-5-20-32-29(36)33(26-19-11-15-22-13-7-9-17-24(22)26)27(30(32,2)3)34(37)28(35)31-25-18-10-14-21-12-6-8-16-23(21)25/h6-19,27,37H,4-5,20H2,1-3H3,(H,31,35)/t27-/m1/s1. The molecule has 1 saturated heterocycles. The maximum Gasteiger partial charge on any atom is 0.347 e. The summed E-state index contributed by atoms with van der Waals surface area (Å²) >= 11 is 0. The van der Waals surface area contributed by atoms with Crippen molar-refractivity contribution < 1.29 is 14.8 Å². The highest BCUT2D eigenvalue weighted by Gasteiger charge is 2.56. The Bertz CT molecular complexity index is 1460. The van der Waals surface area contributed by atoms with Gasteiger partial charge >= 0.3 is 12.1 Å². The normalized spacial score (nSPS) is 17.0. The highest BCUT2D eigenvalue weighted by molar-refractivity contribution is 6.06. The van der Waals surface area contributed by atoms with Crippen molar-refractivity contribution in [3.63, 3.8) is 0 Å². The van der Waals surface area contributed by atoms with Gasteiger partial charge in [-0.3, -0.25) is 10.1 Å². The number of hydrogen-bond acceptors (Lipinski definition) is 3. The van der Waals surface area contributed by atoms with E-state index < -0.39 is 17.7 Å². The van der Waals surface area contributed by atoms with Crippen molar-refractivity contribution in [2.24, 2.45) is 0 Å². The van der Waals surface area contributed by atoms with Gasteiger partial charge in [0.05, 0.1) is 16.9 Å². The van der Waals surface area contributed by atoms with Crippen LogP contribution in [0.4, 0.5) is 21.0 Å². The molecule has 0 bridgehead atoms. The molecule has 0 spiro atoms. The molecule has 190 valence electrons. The van der Waals surface area contributed by atoms with Crippen LogP contribution in [-0.4, -0.2) is 45.5 Å². The van der Waals surface area contributed by atoms with Crippen molar-refractivity contribution >= 4 is 45.0 Å². The Hall–Kier alpha value is -4.10. The van der Waals surface area contributed by atoms with Crippen molar-refractivity contribution in [1.29, 1.82) is 0 Å². The van der Waals surface area contributed by atoms with Gasteiger partial charge in [-0.2, -0.15) is 5.06 Å². The smallest absolute Gasteiger partial charge is 0.315 e. The lowest BCUT2D eigenvalue weighted by Gasteiger charge is -2.38. The molecule has 0 unspecified atom stereocenters. The molecule has 0 aliphatic carbocycles. The number of carbonyl (C=O) groups is 2. The topological polar surface area (TPSA) is 76.1 Å². The maximum atomic E-state index is 13.9. The Balaban J connectivity index is 1.56. The van der Waals surface area contributed by atoms with E-state index in [0.717, 1.165) is 34.4 Å². The van der Waals surface area contributed by atoms with E-state index in [4.69, 9.17) is 0 Å². The molecule has 0 saturated carbocycles. The highest BCUT2D eigenvalue weighted by Crippen LogP contribution is 2.40. The predicted octanol–water partition coefficient (Wildman–Crippen LogP) is 7.06. The summed E-state index contributed by atoms with van der Waals surface area (Å²) in [6, 6.07) is 26.0. The van der Waals surface area contributed by atoms with Crippen LogP contribution in [-0.2, 0) is 0 Å². The molecule has 1 aliphatic rings. The first kappa shape index (κ1) is 24.6. The Morgan fingerprint density at radius 3 is 2.22 bits per heavy atom. The highest BCUT2D eigenvalue weighted by atomic mass is 16.5. The SMILES string of the molecule is CCCCN1C(=O)N(c2cccc3ccccc23)[C@H](N(O)C(=O)Nc2cccc3ccccc23)C1(C)C. The number of amides is 4. The molecule has 4 aromatic rings. The molecule has 1 heterocycles. The van der Waals surface area contributed by atoms with E-state index in [1.165, 1.54) is 0 Å². The average molecular weight is 497 g/mol. The Labute approximate surface area is 216 Å². The third-order valence-electron chi connectivity index (χ3n) is 7.24. The number of nitrogens with one attached hydrogen (secondary N) is 1. The monoisotopic (exact) mass is 496 g/mol. The van der Waals surface area contributed by atoms with E-state index in [0.29, 0.717) is 23.0 Å². The largest absolute Gasteiger partial charge is 0.347 e. The minimum Gasteiger partial charge on any atom is -0.315 e. The zero-order valence-corrected chi connectivity index (χ0v) is 21.4. The van der Waals surface area contributed by atoms with E-state index in [9.17, 15) is 14.8 Å². The third-order valence-corrected chi connectivity index (χ3v) is 7.24. The van der Waals surface area contributed by atoms with Crippen LogP contribution in [0.3, 0.4) is 0 Å². The van der Waals surface area contributed by atoms with Crippen molar-refractivity contribution in [3.8, 4) is 0 Å². The first-order chi connectivity index (χ1) is 17.8. The van der Waals surface area contributed by atoms with Crippen LogP contribution < -0.4 is 10.2 Å². The lowest BCUT2D eigenvalue weighted by Crippen LogP contribution is -2.58. The van der Waals surface area contributed by atoms with Crippen LogP contribution in [0.15, 0.2) is 84.9 Å². The van der Waals surface area contributed by atoms with Crippen LogP contribution >= 0.6 is 0 Å². The second kappa shape index (κ2) is 9.75. The number of benzene rings is 4. The second-order valence-corrected chi connectivity index (χ2v) is 9.98. The first-order valence-electron chi connectivity index (χ1n) is 12.7. The van der Waals surface area contributed by atoms with Gasteiger partial charge in [0.1, 0.15) is 0 Å². The number of fused-ring (bicyclic) bond motifs is 2. The number of nitrogens with zero attached hydrogens (tertiary/aromatic N) is 3. The Morgan fingerprint density at radius 2 is 1.51 bits per heavy atom. The van der Waals surface area contributed by atoms with Gasteiger partial charge < -0.3 is 10.2 Å². The summed E-state index contributed by atoms with van der Waals surface area (Å²) < 4.78 is 0. The van der Waals surface area contributed by atoms with Crippen LogP contribution in [0, 0.1) is 0 Å². The molecule has 0 radical (unpaired) electrons. The second-order valence-electron chi connectivity index (χ2n) is 9.98. The van der Waals surface area contributed by atoms with Gasteiger partial charge in [-0.25, -0.2) is 9.59 Å². The fourth-order valence-electron chi connectivity index (χ4n) is 5.32. The van der Waals surface area contributed by atoms with E-state index >= 15 is 0 Å². The molecule has 4 amide bonds. The predicted molar refractivity (Wildman–Crippen MR) is 148 cm³/mol. The zero-order chi connectivity index (χ0) is 26.2. The number of rotatable bonds is 6. The van der Waals surface area contributed by atoms with Crippen LogP contribution in [0.25, 0.3) is 21.5 Å². The van der Waals surface area contributed by atoms with E-state index in [-0.39, 0.29) is 6.03 Å². The third kappa shape index (κ3) is 4.25. The number of hydroxylamine groups is 2. The molecular formula is C30H32N4O3. The van der Waals surface area contributed by atoms with Gasteiger partial charge in [-0.15, -0.1) is 0 Å². The molecule has 7 nitrogen and oxygen atoms in total. The summed E-state index contributed by atoms with van der Waals surface area (Å²) in [6.07, 6.45) is 0.778. The lowest BCUT2D eigenvalue weighted by molar-refractivity contribution is -0.0948. The minimum atomic E-state index is -0.961. The van der Waals surface area contributed by atoms with Crippen LogP contribution in [0.1, 0.15) is 33.6 Å². The molecule has 0 aromatic heterocycles. The molecule has 5 rings (SSSR count). The van der Waals surface area contributed by atoms with Crippen molar-refractivity contribution in [2.75, 3.05) is 16.8 Å². The molecule has 1 aliphatic heterocycles. The first-order valence-corrected chi connectivity index (χ1v) is 12.7. The number of carbonyl (C=O) groups excluding carboxylic acids is 2. The molecule has 1 fully saturated rings. The lowest BCUT2D eigenvalue weighted by atomic mass is 9.99. The Kier molecular flexibility index (Phi) is 6.48. The minimum absolute atomic E-state index is 0.239. The number of urea groups is 2. The molecule has 7 heteroatoms. The van der Waals surface area contributed by atoms with Gasteiger partial charge in [0.2, 0.25) is 0 Å². The number of hydrogen-bond donors (Lipinski definition) is 2. The Morgan fingerprint density at radius 1 is 0.919 bits per heavy atom. The van der Waals surface area contributed by atoms with Crippen molar-refractivity contribution in [2.45, 2.75) is 45.3 Å².